The molecule has 0 radical (unpaired) electrons. The predicted molar refractivity (Wildman–Crippen MR) is 161 cm³/mol. The molecule has 4 rings (SSSR count). The van der Waals surface area contributed by atoms with Gasteiger partial charge in [0.15, 0.2) is 5.71 Å². The van der Waals surface area contributed by atoms with Crippen molar-refractivity contribution in [3.63, 3.8) is 0 Å². The molecule has 1 atom stereocenters. The number of azo groups is 1. The van der Waals surface area contributed by atoms with Crippen LogP contribution in [-0.4, -0.2) is 83.8 Å². The fourth-order valence-electron chi connectivity index (χ4n) is 4.09. The number of fused-ring (bicyclic) bond motifs is 1. The summed E-state index contributed by atoms with van der Waals surface area (Å²) < 4.78 is 51.7. The highest BCUT2D eigenvalue weighted by Crippen LogP contribution is 2.44. The topological polar surface area (TPSA) is 281 Å². The fraction of sp³-hybridized carbons (Fsp3) is 0.240. The molecule has 0 saturated heterocycles. The zero-order valence-electron chi connectivity index (χ0n) is 23.5. The summed E-state index contributed by atoms with van der Waals surface area (Å²) in [7, 11) is -3.87. The van der Waals surface area contributed by atoms with E-state index < -0.39 is 50.1 Å². The minimum absolute atomic E-state index is 0.0160. The molecule has 3 aromatic rings. The van der Waals surface area contributed by atoms with Crippen molar-refractivity contribution in [3.05, 3.63) is 30.3 Å². The standard InChI is InChI=1S/C25H27N7O11S2/c1-3-41-16-10-15(17(9-13(16)26)42-7-6-33)31-43-44-18-8-12-11(22(34)19(18)27)4-5-14(23(12)45(38,39)40)28-29-20-21(25(36)37)30-32(2)24(20)35/h4-5,8-10,20,31,33-34H,3,6-7,26-27H2,1-2H3,(H,36,37)(H,38,39,40). The molecular weight excluding hydrogens is 638 g/mol. The molecule has 3 aromatic carbocycles. The Hall–Kier alpha value is -4.89. The van der Waals surface area contributed by atoms with Crippen LogP contribution in [0.2, 0.25) is 0 Å². The van der Waals surface area contributed by atoms with Crippen LogP contribution in [0.4, 0.5) is 22.7 Å². The first-order valence-corrected chi connectivity index (χ1v) is 14.9. The number of ether oxygens (including phenoxy) is 2. The van der Waals surface area contributed by atoms with Crippen LogP contribution in [0.5, 0.6) is 17.2 Å². The molecule has 1 aliphatic rings. The number of hydrazone groups is 1. The molecular formula is C25H27N7O11S2. The van der Waals surface area contributed by atoms with Gasteiger partial charge in [-0.15, -0.1) is 0 Å². The summed E-state index contributed by atoms with van der Waals surface area (Å²) in [5.41, 5.74) is 13.8. The average molecular weight is 666 g/mol. The summed E-state index contributed by atoms with van der Waals surface area (Å²) in [5.74, 6) is -2.43. The van der Waals surface area contributed by atoms with Crippen molar-refractivity contribution in [1.82, 2.24) is 5.01 Å². The Kier molecular flexibility index (Phi) is 9.83. The van der Waals surface area contributed by atoms with Gasteiger partial charge in [0.1, 0.15) is 40.1 Å². The van der Waals surface area contributed by atoms with Crippen LogP contribution in [0.1, 0.15) is 6.92 Å². The second-order valence-corrected chi connectivity index (χ2v) is 11.2. The van der Waals surface area contributed by atoms with Crippen LogP contribution in [0.25, 0.3) is 10.8 Å². The lowest BCUT2D eigenvalue weighted by Gasteiger charge is -2.16. The third kappa shape index (κ3) is 6.94. The Morgan fingerprint density at radius 3 is 2.56 bits per heavy atom. The first-order chi connectivity index (χ1) is 21.3. The minimum atomic E-state index is -5.07. The maximum atomic E-state index is 12.5. The molecule has 0 fully saturated rings. The summed E-state index contributed by atoms with van der Waals surface area (Å²) >= 11 is 0.555. The molecule has 1 amide bonds. The van der Waals surface area contributed by atoms with E-state index in [0.29, 0.717) is 24.4 Å². The van der Waals surface area contributed by atoms with Crippen LogP contribution < -0.4 is 26.4 Å². The van der Waals surface area contributed by atoms with Gasteiger partial charge in [-0.25, -0.2) is 15.3 Å². The summed E-state index contributed by atoms with van der Waals surface area (Å²) in [5, 5.41) is 40.7. The van der Waals surface area contributed by atoms with Crippen molar-refractivity contribution >= 4 is 73.3 Å². The minimum Gasteiger partial charge on any atom is -0.505 e. The van der Waals surface area contributed by atoms with Gasteiger partial charge in [0.05, 0.1) is 41.5 Å². The van der Waals surface area contributed by atoms with E-state index in [1.807, 2.05) is 0 Å². The second-order valence-electron chi connectivity index (χ2n) is 9.05. The highest BCUT2D eigenvalue weighted by Gasteiger charge is 2.38. The fourth-order valence-corrected chi connectivity index (χ4v) is 5.49. The van der Waals surface area contributed by atoms with Crippen molar-refractivity contribution in [2.75, 3.05) is 43.8 Å². The number of aliphatic carboxylic acids is 1. The molecule has 1 heterocycles. The highest BCUT2D eigenvalue weighted by molar-refractivity contribution is 7.95. The number of aliphatic hydroxyl groups excluding tert-OH is 1. The number of rotatable bonds is 13. The van der Waals surface area contributed by atoms with Gasteiger partial charge in [-0.05, 0) is 25.1 Å². The van der Waals surface area contributed by atoms with Crippen molar-refractivity contribution in [3.8, 4) is 17.2 Å². The number of phenolic OH excluding ortho intramolecular Hbond substituents is 1. The molecule has 45 heavy (non-hydrogen) atoms. The summed E-state index contributed by atoms with van der Waals surface area (Å²) in [6, 6.07) is 4.75. The zero-order valence-corrected chi connectivity index (χ0v) is 25.1. The van der Waals surface area contributed by atoms with Gasteiger partial charge >= 0.3 is 5.97 Å². The number of benzene rings is 3. The molecule has 9 N–H and O–H groups in total. The number of carbonyl (C=O) groups is 2. The van der Waals surface area contributed by atoms with E-state index in [0.717, 1.165) is 11.1 Å². The third-order valence-corrected chi connectivity index (χ3v) is 7.73. The lowest BCUT2D eigenvalue weighted by molar-refractivity contribution is -0.131. The maximum Gasteiger partial charge on any atom is 0.355 e. The number of aliphatic hydroxyl groups is 1. The number of carbonyl (C=O) groups excluding carboxylic acids is 1. The number of aromatic hydroxyl groups is 1. The number of carboxylic acid groups (broad SMARTS) is 1. The van der Waals surface area contributed by atoms with Gasteiger partial charge < -0.3 is 36.3 Å². The number of nitrogens with two attached hydrogens (primary N) is 2. The van der Waals surface area contributed by atoms with Crippen LogP contribution in [0.15, 0.2) is 55.5 Å². The van der Waals surface area contributed by atoms with Gasteiger partial charge in [-0.2, -0.15) is 28.0 Å². The Labute approximate surface area is 259 Å². The second kappa shape index (κ2) is 13.4. The zero-order chi connectivity index (χ0) is 33.1. The highest BCUT2D eigenvalue weighted by atomic mass is 32.2. The van der Waals surface area contributed by atoms with Crippen LogP contribution in [0.3, 0.4) is 0 Å². The number of amides is 1. The van der Waals surface area contributed by atoms with Gasteiger partial charge in [-0.1, -0.05) is 0 Å². The van der Waals surface area contributed by atoms with E-state index in [-0.39, 0.29) is 51.7 Å². The van der Waals surface area contributed by atoms with E-state index in [1.165, 1.54) is 31.3 Å². The number of nitrogens with zero attached hydrogens (tertiary/aromatic N) is 4. The molecule has 18 nitrogen and oxygen atoms in total. The van der Waals surface area contributed by atoms with Gasteiger partial charge in [0, 0.05) is 30.0 Å². The van der Waals surface area contributed by atoms with Crippen molar-refractivity contribution < 1.29 is 51.6 Å². The quantitative estimate of drug-likeness (QED) is 0.0344. The smallest absolute Gasteiger partial charge is 0.355 e. The van der Waals surface area contributed by atoms with Crippen molar-refractivity contribution in [1.29, 1.82) is 0 Å². The molecule has 0 aromatic heterocycles. The van der Waals surface area contributed by atoms with E-state index in [2.05, 4.69) is 20.8 Å². The number of nitrogens with one attached hydrogen (secondary N) is 1. The number of phenols is 1. The summed E-state index contributed by atoms with van der Waals surface area (Å²) in [4.78, 5) is 23.0. The number of nitrogen functional groups attached to an aromatic ring is 2. The Balaban J connectivity index is 1.71. The van der Waals surface area contributed by atoms with Crippen molar-refractivity contribution in [2.24, 2.45) is 15.3 Å². The monoisotopic (exact) mass is 665 g/mol. The normalized spacial score (nSPS) is 15.1. The van der Waals surface area contributed by atoms with E-state index in [4.69, 9.17) is 30.3 Å². The summed E-state index contributed by atoms with van der Waals surface area (Å²) in [6.45, 7) is 1.72. The third-order valence-electron chi connectivity index (χ3n) is 6.10. The molecule has 1 aliphatic heterocycles. The Bertz CT molecular complexity index is 1830. The number of anilines is 3. The van der Waals surface area contributed by atoms with E-state index in [1.54, 1.807) is 6.92 Å². The number of carboxylic acids is 1. The molecule has 20 heteroatoms. The van der Waals surface area contributed by atoms with E-state index in [9.17, 15) is 32.8 Å². The number of likely N-dealkylation sites (N-methyl/N-ethyl adjacent to an activating group) is 1. The molecule has 0 spiro atoms. The lowest BCUT2D eigenvalue weighted by Crippen LogP contribution is -2.31. The molecule has 0 aliphatic carbocycles. The Morgan fingerprint density at radius 2 is 1.91 bits per heavy atom. The number of hydrogen-bond donors (Lipinski definition) is 7. The first-order valence-electron chi connectivity index (χ1n) is 12.7. The molecule has 0 bridgehead atoms. The predicted octanol–water partition coefficient (Wildman–Crippen LogP) is 2.14. The van der Waals surface area contributed by atoms with Crippen LogP contribution >= 0.6 is 12.0 Å². The lowest BCUT2D eigenvalue weighted by atomic mass is 10.1. The van der Waals surface area contributed by atoms with Crippen LogP contribution in [0, 0.1) is 0 Å². The largest absolute Gasteiger partial charge is 0.505 e. The summed E-state index contributed by atoms with van der Waals surface area (Å²) in [6.07, 6.45) is 0. The molecule has 240 valence electrons. The SMILES string of the molecule is CCOc1cc(NOSc2cc3c(S(=O)(=O)O)c(N=NC4C(=O)N(C)N=C4C(=O)O)ccc3c(O)c2N)c(OCCO)cc1N. The maximum absolute atomic E-state index is 12.5. The van der Waals surface area contributed by atoms with E-state index >= 15 is 0 Å². The molecule has 1 unspecified atom stereocenters. The first kappa shape index (κ1) is 33.0. The van der Waals surface area contributed by atoms with Gasteiger partial charge in [0.25, 0.3) is 16.0 Å². The Morgan fingerprint density at radius 1 is 1.18 bits per heavy atom. The molecule has 0 saturated carbocycles. The van der Waals surface area contributed by atoms with Crippen LogP contribution in [-0.2, 0) is 24.0 Å². The number of hydrogen-bond acceptors (Lipinski definition) is 16. The van der Waals surface area contributed by atoms with Gasteiger partial charge in [-0.3, -0.25) is 9.35 Å². The average Bonchev–Trinajstić information content (AvgIpc) is 3.27. The van der Waals surface area contributed by atoms with Crippen molar-refractivity contribution in [2.45, 2.75) is 22.8 Å². The van der Waals surface area contributed by atoms with Gasteiger partial charge in [0.2, 0.25) is 6.04 Å².